The quantitative estimate of drug-likeness (QED) is 0.616. The van der Waals surface area contributed by atoms with Gasteiger partial charge >= 0.3 is 6.18 Å². The minimum Gasteiger partial charge on any atom is -0.332 e. The Morgan fingerprint density at radius 2 is 2.00 bits per heavy atom. The fourth-order valence-corrected chi connectivity index (χ4v) is 2.80. The maximum absolute atomic E-state index is 13.8. The van der Waals surface area contributed by atoms with E-state index < -0.39 is 17.6 Å². The van der Waals surface area contributed by atoms with Gasteiger partial charge in [-0.3, -0.25) is 4.79 Å². The summed E-state index contributed by atoms with van der Waals surface area (Å²) in [4.78, 5) is 16.1. The molecule has 0 saturated carbocycles. The number of halogens is 4. The zero-order chi connectivity index (χ0) is 21.0. The Kier molecular flexibility index (Phi) is 5.92. The molecule has 0 radical (unpaired) electrons. The number of anilines is 1. The van der Waals surface area contributed by atoms with Crippen molar-refractivity contribution in [2.75, 3.05) is 11.9 Å². The van der Waals surface area contributed by atoms with Crippen LogP contribution in [0.15, 0.2) is 55.1 Å². The van der Waals surface area contributed by atoms with Gasteiger partial charge in [0.05, 0.1) is 16.9 Å². The predicted octanol–water partition coefficient (Wildman–Crippen LogP) is 2.69. The van der Waals surface area contributed by atoms with Crippen LogP contribution in [-0.2, 0) is 11.0 Å². The van der Waals surface area contributed by atoms with E-state index in [1.54, 1.807) is 30.4 Å². The summed E-state index contributed by atoms with van der Waals surface area (Å²) in [7, 11) is 0. The SMILES string of the molecule is C[C@H]([NH2+]CC(=O)Nc1cc(C(F)(F)F)ccc1-n1cncn1)c1ccccc1F. The maximum atomic E-state index is 13.8. The number of benzene rings is 2. The molecule has 0 fully saturated rings. The van der Waals surface area contributed by atoms with E-state index in [0.29, 0.717) is 5.56 Å². The van der Waals surface area contributed by atoms with Gasteiger partial charge in [-0.05, 0) is 31.2 Å². The summed E-state index contributed by atoms with van der Waals surface area (Å²) < 4.78 is 54.3. The molecule has 1 heterocycles. The molecular weight excluding hydrogens is 390 g/mol. The van der Waals surface area contributed by atoms with Crippen molar-refractivity contribution < 1.29 is 27.7 Å². The summed E-state index contributed by atoms with van der Waals surface area (Å²) in [6.45, 7) is 1.62. The number of hydrogen-bond donors (Lipinski definition) is 2. The van der Waals surface area contributed by atoms with Gasteiger partial charge in [-0.2, -0.15) is 18.3 Å². The highest BCUT2D eigenvalue weighted by Crippen LogP contribution is 2.33. The molecule has 1 atom stereocenters. The van der Waals surface area contributed by atoms with Crippen molar-refractivity contribution in [3.8, 4) is 5.69 Å². The topological polar surface area (TPSA) is 76.4 Å². The fraction of sp³-hybridized carbons (Fsp3) is 0.211. The van der Waals surface area contributed by atoms with Crippen LogP contribution in [0.1, 0.15) is 24.1 Å². The summed E-state index contributed by atoms with van der Waals surface area (Å²) in [6.07, 6.45) is -2.02. The van der Waals surface area contributed by atoms with Crippen molar-refractivity contribution in [3.63, 3.8) is 0 Å². The number of aromatic nitrogens is 3. The van der Waals surface area contributed by atoms with Crippen LogP contribution >= 0.6 is 0 Å². The molecule has 0 aliphatic carbocycles. The highest BCUT2D eigenvalue weighted by Gasteiger charge is 2.31. The number of amides is 1. The normalized spacial score (nSPS) is 12.6. The molecule has 1 amide bonds. The maximum Gasteiger partial charge on any atom is 0.416 e. The minimum atomic E-state index is -4.56. The minimum absolute atomic E-state index is 0.0535. The second kappa shape index (κ2) is 8.39. The number of nitrogens with zero attached hydrogens (tertiary/aromatic N) is 3. The zero-order valence-electron chi connectivity index (χ0n) is 15.3. The molecule has 0 saturated heterocycles. The largest absolute Gasteiger partial charge is 0.416 e. The summed E-state index contributed by atoms with van der Waals surface area (Å²) in [5, 5.41) is 7.97. The van der Waals surface area contributed by atoms with Crippen molar-refractivity contribution in [1.82, 2.24) is 14.8 Å². The molecule has 3 aromatic rings. The van der Waals surface area contributed by atoms with Gasteiger partial charge < -0.3 is 10.6 Å². The van der Waals surface area contributed by atoms with Crippen LogP contribution in [0.5, 0.6) is 0 Å². The number of hydrogen-bond acceptors (Lipinski definition) is 3. The first-order valence-electron chi connectivity index (χ1n) is 8.69. The van der Waals surface area contributed by atoms with Crippen molar-refractivity contribution in [2.45, 2.75) is 19.1 Å². The zero-order valence-corrected chi connectivity index (χ0v) is 15.3. The van der Waals surface area contributed by atoms with Crippen LogP contribution in [0.25, 0.3) is 5.69 Å². The van der Waals surface area contributed by atoms with E-state index in [9.17, 15) is 22.4 Å². The van der Waals surface area contributed by atoms with Crippen molar-refractivity contribution >= 4 is 11.6 Å². The van der Waals surface area contributed by atoms with E-state index in [-0.39, 0.29) is 29.8 Å². The summed E-state index contributed by atoms with van der Waals surface area (Å²) in [5.74, 6) is -0.920. The first-order valence-corrected chi connectivity index (χ1v) is 8.69. The Balaban J connectivity index is 1.76. The second-order valence-electron chi connectivity index (χ2n) is 6.37. The first-order chi connectivity index (χ1) is 13.8. The Morgan fingerprint density at radius 3 is 2.66 bits per heavy atom. The average Bonchev–Trinajstić information content (AvgIpc) is 3.20. The third-order valence-corrected chi connectivity index (χ3v) is 4.32. The van der Waals surface area contributed by atoms with Gasteiger partial charge in [0.1, 0.15) is 24.5 Å². The monoisotopic (exact) mass is 408 g/mol. The number of quaternary nitrogens is 1. The first kappa shape index (κ1) is 20.5. The standard InChI is InChI=1S/C19H17F4N5O/c1-12(14-4-2-3-5-15(14)20)25-9-18(29)27-16-8-13(19(21,22)23)6-7-17(16)28-11-24-10-26-28/h2-8,10-12,25H,9H2,1H3,(H,27,29)/p+1/t12-/m0/s1. The fourth-order valence-electron chi connectivity index (χ4n) is 2.80. The molecule has 2 aromatic carbocycles. The lowest BCUT2D eigenvalue weighted by molar-refractivity contribution is -0.682. The Morgan fingerprint density at radius 1 is 1.24 bits per heavy atom. The molecule has 152 valence electrons. The molecule has 29 heavy (non-hydrogen) atoms. The van der Waals surface area contributed by atoms with Gasteiger partial charge in [0.15, 0.2) is 6.54 Å². The van der Waals surface area contributed by atoms with Gasteiger partial charge in [0, 0.05) is 5.56 Å². The van der Waals surface area contributed by atoms with Gasteiger partial charge in [-0.15, -0.1) is 0 Å². The van der Waals surface area contributed by atoms with Crippen LogP contribution in [-0.4, -0.2) is 27.2 Å². The van der Waals surface area contributed by atoms with Crippen molar-refractivity contribution in [2.24, 2.45) is 0 Å². The lowest BCUT2D eigenvalue weighted by atomic mass is 10.1. The van der Waals surface area contributed by atoms with Crippen LogP contribution in [0.3, 0.4) is 0 Å². The number of carbonyl (C=O) groups is 1. The van der Waals surface area contributed by atoms with E-state index >= 15 is 0 Å². The third kappa shape index (κ3) is 4.96. The number of carbonyl (C=O) groups excluding carboxylic acids is 1. The van der Waals surface area contributed by atoms with Gasteiger partial charge in [-0.1, -0.05) is 18.2 Å². The van der Waals surface area contributed by atoms with Crippen LogP contribution in [0, 0.1) is 5.82 Å². The van der Waals surface area contributed by atoms with Gasteiger partial charge in [0.2, 0.25) is 0 Å². The van der Waals surface area contributed by atoms with E-state index in [1.165, 1.54) is 29.5 Å². The van der Waals surface area contributed by atoms with Crippen molar-refractivity contribution in [3.05, 3.63) is 72.1 Å². The molecular formula is C19H18F4N5O+. The average molecular weight is 408 g/mol. The van der Waals surface area contributed by atoms with E-state index in [2.05, 4.69) is 15.4 Å². The second-order valence-corrected chi connectivity index (χ2v) is 6.37. The summed E-state index contributed by atoms with van der Waals surface area (Å²) in [5.41, 5.74) is -0.281. The molecule has 3 rings (SSSR count). The summed E-state index contributed by atoms with van der Waals surface area (Å²) in [6, 6.07) is 8.80. The lowest BCUT2D eigenvalue weighted by Crippen LogP contribution is -2.86. The molecule has 0 aliphatic rings. The summed E-state index contributed by atoms with van der Waals surface area (Å²) >= 11 is 0. The molecule has 10 heteroatoms. The van der Waals surface area contributed by atoms with Crippen LogP contribution in [0.2, 0.25) is 0 Å². The van der Waals surface area contributed by atoms with Crippen molar-refractivity contribution in [1.29, 1.82) is 0 Å². The molecule has 0 aliphatic heterocycles. The van der Waals surface area contributed by atoms with Gasteiger partial charge in [-0.25, -0.2) is 14.1 Å². The molecule has 1 aromatic heterocycles. The number of nitrogens with two attached hydrogens (primary N) is 1. The molecule has 0 unspecified atom stereocenters. The molecule has 0 bridgehead atoms. The third-order valence-electron chi connectivity index (χ3n) is 4.32. The Labute approximate surface area is 163 Å². The predicted molar refractivity (Wildman–Crippen MR) is 96.6 cm³/mol. The smallest absolute Gasteiger partial charge is 0.332 e. The lowest BCUT2D eigenvalue weighted by Gasteiger charge is -2.15. The van der Waals surface area contributed by atoms with E-state index in [1.807, 2.05) is 0 Å². The Bertz CT molecular complexity index is 989. The Hall–Kier alpha value is -3.27. The molecule has 3 N–H and O–H groups in total. The van der Waals surface area contributed by atoms with E-state index in [4.69, 9.17) is 0 Å². The van der Waals surface area contributed by atoms with Crippen LogP contribution < -0.4 is 10.6 Å². The van der Waals surface area contributed by atoms with E-state index in [0.717, 1.165) is 12.1 Å². The van der Waals surface area contributed by atoms with Crippen LogP contribution in [0.4, 0.5) is 23.2 Å². The highest BCUT2D eigenvalue weighted by molar-refractivity contribution is 5.93. The number of alkyl halides is 3. The molecule has 6 nitrogen and oxygen atoms in total. The molecule has 0 spiro atoms. The number of rotatable bonds is 6. The highest BCUT2D eigenvalue weighted by atomic mass is 19.4. The number of nitrogens with one attached hydrogen (secondary N) is 1. The van der Waals surface area contributed by atoms with Gasteiger partial charge in [0.25, 0.3) is 5.91 Å².